The minimum Gasteiger partial charge on any atom is -0.497 e. The number of aromatic nitrogens is 1. The molecule has 1 aromatic heterocycles. The van der Waals surface area contributed by atoms with E-state index in [1.165, 1.54) is 25.4 Å². The van der Waals surface area contributed by atoms with Gasteiger partial charge in [0.15, 0.2) is 0 Å². The summed E-state index contributed by atoms with van der Waals surface area (Å²) in [6.07, 6.45) is 1.49. The van der Waals surface area contributed by atoms with Crippen molar-refractivity contribution in [3.05, 3.63) is 72.4 Å². The highest BCUT2D eigenvalue weighted by Gasteiger charge is 2.15. The number of methoxy groups -OCH3 is 1. The molecule has 27 heavy (non-hydrogen) atoms. The van der Waals surface area contributed by atoms with E-state index >= 15 is 0 Å². The Balaban J connectivity index is 1.74. The number of benzene rings is 2. The molecule has 0 atom stereocenters. The zero-order valence-corrected chi connectivity index (χ0v) is 15.2. The molecule has 0 bridgehead atoms. The smallest absolute Gasteiger partial charge is 0.263 e. The van der Waals surface area contributed by atoms with E-state index in [1.54, 1.807) is 42.5 Å². The van der Waals surface area contributed by atoms with E-state index in [1.807, 2.05) is 6.07 Å². The third kappa shape index (κ3) is 4.34. The van der Waals surface area contributed by atoms with Gasteiger partial charge in [-0.05, 0) is 48.5 Å². The van der Waals surface area contributed by atoms with Crippen LogP contribution in [0.2, 0.25) is 0 Å². The second-order valence-corrected chi connectivity index (χ2v) is 7.18. The molecule has 136 valence electrons. The van der Waals surface area contributed by atoms with Gasteiger partial charge in [-0.25, -0.2) is 13.4 Å². The minimum atomic E-state index is -3.75. The number of ether oxygens (including phenoxy) is 1. The van der Waals surface area contributed by atoms with Gasteiger partial charge in [0, 0.05) is 0 Å². The lowest BCUT2D eigenvalue weighted by molar-refractivity contribution is 0.414. The fraction of sp³-hybridized carbons (Fsp3) is 0.0526. The zero-order chi connectivity index (χ0) is 19.3. The summed E-state index contributed by atoms with van der Waals surface area (Å²) in [4.78, 5) is 4.22. The van der Waals surface area contributed by atoms with Crippen LogP contribution in [0.25, 0.3) is 0 Å². The first-order valence-electron chi connectivity index (χ1n) is 7.91. The fourth-order valence-corrected chi connectivity index (χ4v) is 3.33. The van der Waals surface area contributed by atoms with Gasteiger partial charge in [0.25, 0.3) is 10.0 Å². The van der Waals surface area contributed by atoms with E-state index in [4.69, 9.17) is 10.00 Å². The largest absolute Gasteiger partial charge is 0.497 e. The second kappa shape index (κ2) is 7.76. The molecule has 0 unspecified atom stereocenters. The van der Waals surface area contributed by atoms with Crippen LogP contribution in [-0.2, 0) is 10.0 Å². The SMILES string of the molecule is COc1ccc(S(=O)(=O)Nc2ccc(Nc3ccccc3C#N)cn2)cc1. The Morgan fingerprint density at radius 3 is 2.41 bits per heavy atom. The first-order valence-corrected chi connectivity index (χ1v) is 9.39. The van der Waals surface area contributed by atoms with E-state index in [0.29, 0.717) is 22.7 Å². The van der Waals surface area contributed by atoms with Gasteiger partial charge < -0.3 is 10.1 Å². The summed E-state index contributed by atoms with van der Waals surface area (Å²) in [5.74, 6) is 0.755. The van der Waals surface area contributed by atoms with Crippen molar-refractivity contribution in [2.45, 2.75) is 4.90 Å². The van der Waals surface area contributed by atoms with Crippen LogP contribution < -0.4 is 14.8 Å². The molecule has 1 heterocycles. The van der Waals surface area contributed by atoms with Crippen molar-refractivity contribution in [1.82, 2.24) is 4.98 Å². The minimum absolute atomic E-state index is 0.107. The number of anilines is 3. The molecule has 8 heteroatoms. The lowest BCUT2D eigenvalue weighted by atomic mass is 10.2. The first kappa shape index (κ1) is 18.2. The molecule has 0 saturated carbocycles. The van der Waals surface area contributed by atoms with Crippen LogP contribution in [0.3, 0.4) is 0 Å². The summed E-state index contributed by atoms with van der Waals surface area (Å²) >= 11 is 0. The lowest BCUT2D eigenvalue weighted by Gasteiger charge is -2.10. The fourth-order valence-electron chi connectivity index (χ4n) is 2.32. The van der Waals surface area contributed by atoms with Crippen LogP contribution in [0, 0.1) is 11.3 Å². The molecule has 0 aliphatic carbocycles. The summed E-state index contributed by atoms with van der Waals surface area (Å²) in [6.45, 7) is 0. The van der Waals surface area contributed by atoms with E-state index in [9.17, 15) is 8.42 Å². The molecule has 7 nitrogen and oxygen atoms in total. The van der Waals surface area contributed by atoms with Crippen molar-refractivity contribution in [1.29, 1.82) is 5.26 Å². The Bertz CT molecular complexity index is 1070. The molecule has 0 saturated heterocycles. The molecule has 0 amide bonds. The Kier molecular flexibility index (Phi) is 5.24. The van der Waals surface area contributed by atoms with Gasteiger partial charge in [-0.3, -0.25) is 4.72 Å². The molecular weight excluding hydrogens is 364 g/mol. The lowest BCUT2D eigenvalue weighted by Crippen LogP contribution is -2.13. The van der Waals surface area contributed by atoms with Crippen LogP contribution in [0.4, 0.5) is 17.2 Å². The quantitative estimate of drug-likeness (QED) is 0.678. The van der Waals surface area contributed by atoms with Gasteiger partial charge in [-0.2, -0.15) is 5.26 Å². The van der Waals surface area contributed by atoms with Crippen molar-refractivity contribution in [2.75, 3.05) is 17.1 Å². The summed E-state index contributed by atoms with van der Waals surface area (Å²) in [5.41, 5.74) is 1.78. The predicted molar refractivity (Wildman–Crippen MR) is 102 cm³/mol. The maximum atomic E-state index is 12.4. The van der Waals surface area contributed by atoms with Gasteiger partial charge in [-0.15, -0.1) is 0 Å². The maximum Gasteiger partial charge on any atom is 0.263 e. The molecule has 3 aromatic rings. The number of sulfonamides is 1. The van der Waals surface area contributed by atoms with Gasteiger partial charge in [0.2, 0.25) is 0 Å². The number of nitriles is 1. The standard InChI is InChI=1S/C19H16N4O3S/c1-26-16-7-9-17(10-8-16)27(24,25)23-19-11-6-15(13-21-19)22-18-5-3-2-4-14(18)12-20/h2-11,13,22H,1H3,(H,21,23). The van der Waals surface area contributed by atoms with Gasteiger partial charge >= 0.3 is 0 Å². The molecule has 0 spiro atoms. The zero-order valence-electron chi connectivity index (χ0n) is 14.4. The average molecular weight is 380 g/mol. The maximum absolute atomic E-state index is 12.4. The molecule has 3 rings (SSSR count). The van der Waals surface area contributed by atoms with E-state index < -0.39 is 10.0 Å². The van der Waals surface area contributed by atoms with Gasteiger partial charge in [0.05, 0.1) is 35.1 Å². The summed E-state index contributed by atoms with van der Waals surface area (Å²) < 4.78 is 32.3. The third-order valence-corrected chi connectivity index (χ3v) is 5.07. The first-order chi connectivity index (χ1) is 13.0. The highest BCUT2D eigenvalue weighted by molar-refractivity contribution is 7.92. The highest BCUT2D eigenvalue weighted by atomic mass is 32.2. The molecule has 0 fully saturated rings. The van der Waals surface area contributed by atoms with Crippen molar-refractivity contribution in [3.8, 4) is 11.8 Å². The summed E-state index contributed by atoms with van der Waals surface area (Å²) in [5, 5.41) is 12.2. The molecular formula is C19H16N4O3S. The molecule has 0 aliphatic heterocycles. The van der Waals surface area contributed by atoms with Crippen molar-refractivity contribution < 1.29 is 13.2 Å². The van der Waals surface area contributed by atoms with Gasteiger partial charge in [0.1, 0.15) is 17.6 Å². The molecule has 2 aromatic carbocycles. The number of pyridine rings is 1. The van der Waals surface area contributed by atoms with Crippen molar-refractivity contribution >= 4 is 27.2 Å². The molecule has 0 radical (unpaired) electrons. The predicted octanol–water partition coefficient (Wildman–Crippen LogP) is 3.51. The van der Waals surface area contributed by atoms with Gasteiger partial charge in [-0.1, -0.05) is 12.1 Å². The number of nitrogens with one attached hydrogen (secondary N) is 2. The van der Waals surface area contributed by atoms with E-state index in [0.717, 1.165) is 0 Å². The highest BCUT2D eigenvalue weighted by Crippen LogP contribution is 2.22. The number of hydrogen-bond donors (Lipinski definition) is 2. The monoisotopic (exact) mass is 380 g/mol. The second-order valence-electron chi connectivity index (χ2n) is 5.50. The van der Waals surface area contributed by atoms with Crippen LogP contribution in [0.15, 0.2) is 71.8 Å². The number of hydrogen-bond acceptors (Lipinski definition) is 6. The Labute approximate surface area is 157 Å². The van der Waals surface area contributed by atoms with Crippen molar-refractivity contribution in [2.24, 2.45) is 0 Å². The van der Waals surface area contributed by atoms with E-state index in [2.05, 4.69) is 21.1 Å². The topological polar surface area (TPSA) is 104 Å². The van der Waals surface area contributed by atoms with Crippen LogP contribution in [0.1, 0.15) is 5.56 Å². The normalized spacial score (nSPS) is 10.7. The van der Waals surface area contributed by atoms with Crippen molar-refractivity contribution in [3.63, 3.8) is 0 Å². The Morgan fingerprint density at radius 1 is 1.04 bits per heavy atom. The average Bonchev–Trinajstić information content (AvgIpc) is 2.70. The van der Waals surface area contributed by atoms with Crippen LogP contribution in [-0.4, -0.2) is 20.5 Å². The Hall–Kier alpha value is -3.57. The molecule has 0 aliphatic rings. The van der Waals surface area contributed by atoms with E-state index in [-0.39, 0.29) is 10.7 Å². The summed E-state index contributed by atoms with van der Waals surface area (Å²) in [7, 11) is -2.24. The number of nitrogens with zero attached hydrogens (tertiary/aromatic N) is 2. The van der Waals surface area contributed by atoms with Crippen LogP contribution >= 0.6 is 0 Å². The third-order valence-electron chi connectivity index (χ3n) is 3.70. The summed E-state index contributed by atoms with van der Waals surface area (Å²) in [6, 6.07) is 18.4. The molecule has 2 N–H and O–H groups in total. The number of para-hydroxylation sites is 1. The number of rotatable bonds is 6. The van der Waals surface area contributed by atoms with Crippen LogP contribution in [0.5, 0.6) is 5.75 Å². The Morgan fingerprint density at radius 2 is 1.78 bits per heavy atom.